The number of amides is 1. The quantitative estimate of drug-likeness (QED) is 0.0313. The van der Waals surface area contributed by atoms with Gasteiger partial charge in [-0.25, -0.2) is 64.2 Å². The van der Waals surface area contributed by atoms with Crippen LogP contribution < -0.4 is 54.1 Å². The topological polar surface area (TPSA) is 332 Å². The Labute approximate surface area is 809 Å². The standard InChI is InChI=1S/C19H19N3O3.C18H18ClN3O.C18H19N3O2.C17H13F4N3O.C17H16N4O2.C16H14ClN3/c1-12(23)25-17-8-6-5-7-14(17)18-20-16-10-9-13(24-4)11-15(16)19(21-18)22(2)3;1-3-22(4-2)18-13-10-9-12(19)11-15(13)20-17(21-18)14-7-5-6-8-16(14)23;1-4-23-12-9-10-15-14(11-12)18(21(2)3)20-17(19-15)13-7-5-6-8-16(13)22;1-24(2)16-12-9-10(25-17(19,20)21)7-8-14(12)22-15(23-16)11-5-3-4-6-13(11)18;1-21(2)17-11-8-7-10(15(18)23)9-13(11)19-16(20-17)12-5-3-4-6-14(12)22;1-20(2)16-12-8-4-6-10-14(12)18-15(19-16)11-7-3-5-9-13(11)17/h5-11H,1-4H3;5-11,23H,3-4H2,1-2H3;5-11,22H,4H2,1-3H3;3-9H,1-2H3;3-9,22H,1-2H3,(H2,18,23);3-10H,1-2H3. The number of phenols is 3. The highest BCUT2D eigenvalue weighted by atomic mass is 35.5. The number of alkyl halides is 3. The maximum absolute atomic E-state index is 14.0. The molecule has 34 heteroatoms. The van der Waals surface area contributed by atoms with Gasteiger partial charge in [0.15, 0.2) is 34.9 Å². The van der Waals surface area contributed by atoms with E-state index in [1.165, 1.54) is 31.2 Å². The van der Waals surface area contributed by atoms with Crippen LogP contribution in [0.25, 0.3) is 134 Å². The average Bonchev–Trinajstić information content (AvgIpc) is 0.819. The summed E-state index contributed by atoms with van der Waals surface area (Å²) in [7, 11) is 20.4. The third-order valence-corrected chi connectivity index (χ3v) is 21.7. The second kappa shape index (κ2) is 44.8. The van der Waals surface area contributed by atoms with Gasteiger partial charge in [0, 0.05) is 139 Å². The van der Waals surface area contributed by atoms with Crippen LogP contribution in [0.2, 0.25) is 10.0 Å². The SMILES string of the molecule is CCN(CC)c1nc(-c2ccccc2O)nc2cc(Cl)ccc12.CCOc1ccc2nc(-c3ccccc3O)nc(N(C)C)c2c1.CN(C)c1nc(-c2ccccc2Cl)nc2ccccc12.CN(C)c1nc(-c2ccccc2F)nc2ccc(OC(F)(F)F)cc12.CN(C)c1nc(-c2ccccc2O)nc2cc(C(N)=O)ccc12.COc1ccc2nc(-c3ccccc3OC(C)=O)nc(N(C)C)c2c1. The van der Waals surface area contributed by atoms with Crippen molar-refractivity contribution in [2.75, 3.05) is 127 Å². The van der Waals surface area contributed by atoms with Crippen LogP contribution in [0.1, 0.15) is 38.1 Å². The first kappa shape index (κ1) is 100.0. The summed E-state index contributed by atoms with van der Waals surface area (Å²) in [4.78, 5) is 89.0. The van der Waals surface area contributed by atoms with Crippen molar-refractivity contribution in [3.63, 3.8) is 0 Å². The van der Waals surface area contributed by atoms with Crippen LogP contribution in [-0.4, -0.2) is 191 Å². The summed E-state index contributed by atoms with van der Waals surface area (Å²) in [6.45, 7) is 9.79. The monoisotopic (exact) mass is 1920 g/mol. The van der Waals surface area contributed by atoms with Crippen LogP contribution in [0.3, 0.4) is 0 Å². The summed E-state index contributed by atoms with van der Waals surface area (Å²) in [5, 5.41) is 36.5. The molecule has 0 radical (unpaired) electrons. The number of phenolic OH excluding ortho intramolecular Hbond substituents is 3. The molecule has 0 saturated carbocycles. The Morgan fingerprint density at radius 1 is 0.367 bits per heavy atom. The first-order chi connectivity index (χ1) is 66.6. The maximum atomic E-state index is 14.0. The number of hydrogen-bond acceptors (Lipinski definition) is 27. The molecule has 18 rings (SSSR count). The fourth-order valence-corrected chi connectivity index (χ4v) is 15.0. The molecule has 0 fully saturated rings. The fourth-order valence-electron chi connectivity index (χ4n) is 14.6. The van der Waals surface area contributed by atoms with Crippen LogP contribution >= 0.6 is 23.2 Å². The number of esters is 1. The highest BCUT2D eigenvalue weighted by Crippen LogP contribution is 2.41. The molecule has 0 unspecified atom stereocenters. The van der Waals surface area contributed by atoms with E-state index in [2.05, 4.69) is 78.3 Å². The van der Waals surface area contributed by atoms with E-state index in [-0.39, 0.29) is 40.4 Å². The number of carbonyl (C=O) groups excluding carboxylic acids is 2. The van der Waals surface area contributed by atoms with Gasteiger partial charge in [-0.05, 0) is 197 Å². The minimum atomic E-state index is -4.79. The Bertz CT molecular complexity index is 7510. The molecule has 0 atom stereocenters. The molecule has 1 amide bonds. The van der Waals surface area contributed by atoms with E-state index in [0.29, 0.717) is 107 Å². The minimum Gasteiger partial charge on any atom is -0.507 e. The lowest BCUT2D eigenvalue weighted by Crippen LogP contribution is -2.23. The molecule has 5 N–H and O–H groups in total. The lowest BCUT2D eigenvalue weighted by Gasteiger charge is -2.22. The number of para-hydroxylation sites is 5. The Hall–Kier alpha value is -16.5. The van der Waals surface area contributed by atoms with Gasteiger partial charge >= 0.3 is 12.3 Å². The predicted molar refractivity (Wildman–Crippen MR) is 544 cm³/mol. The Morgan fingerprint density at radius 2 is 0.719 bits per heavy atom. The largest absolute Gasteiger partial charge is 0.573 e. The molecular formula is C105H99Cl2F4N19O9. The Balaban J connectivity index is 0.000000141. The van der Waals surface area contributed by atoms with E-state index in [1.807, 2.05) is 222 Å². The molecule has 0 bridgehead atoms. The van der Waals surface area contributed by atoms with Crippen molar-refractivity contribution >= 4 is 135 Å². The highest BCUT2D eigenvalue weighted by Gasteiger charge is 2.32. The zero-order chi connectivity index (χ0) is 99.6. The molecule has 28 nitrogen and oxygen atoms in total. The van der Waals surface area contributed by atoms with E-state index < -0.39 is 18.1 Å². The summed E-state index contributed by atoms with van der Waals surface area (Å²) < 4.78 is 71.4. The molecule has 0 aliphatic heterocycles. The van der Waals surface area contributed by atoms with Crippen molar-refractivity contribution in [2.24, 2.45) is 5.73 Å². The number of methoxy groups -OCH3 is 1. The van der Waals surface area contributed by atoms with Crippen molar-refractivity contribution < 1.29 is 61.4 Å². The number of anilines is 6. The molecule has 139 heavy (non-hydrogen) atoms. The first-order valence-corrected chi connectivity index (χ1v) is 44.3. The number of primary amides is 1. The summed E-state index contributed by atoms with van der Waals surface area (Å²) in [6, 6.07) is 75.8. The van der Waals surface area contributed by atoms with Gasteiger partial charge in [0.25, 0.3) is 0 Å². The van der Waals surface area contributed by atoms with Crippen LogP contribution in [0, 0.1) is 5.82 Å². The number of benzene rings is 12. The molecule has 710 valence electrons. The average molecular weight is 1920 g/mol. The summed E-state index contributed by atoms with van der Waals surface area (Å²) in [6.07, 6.45) is -4.79. The lowest BCUT2D eigenvalue weighted by atomic mass is 10.1. The molecule has 18 aromatic rings. The van der Waals surface area contributed by atoms with E-state index >= 15 is 0 Å². The number of halogens is 6. The third-order valence-electron chi connectivity index (χ3n) is 21.1. The molecule has 6 aromatic heterocycles. The second-order valence-corrected chi connectivity index (χ2v) is 32.8. The number of nitrogens with zero attached hydrogens (tertiary/aromatic N) is 18. The predicted octanol–water partition coefficient (Wildman–Crippen LogP) is 21.8. The number of rotatable bonds is 20. The second-order valence-electron chi connectivity index (χ2n) is 32.0. The molecule has 0 saturated heterocycles. The van der Waals surface area contributed by atoms with Crippen LogP contribution in [-0.2, 0) is 4.79 Å². The van der Waals surface area contributed by atoms with Gasteiger partial charge in [0.2, 0.25) is 5.91 Å². The van der Waals surface area contributed by atoms with E-state index in [9.17, 15) is 42.5 Å². The van der Waals surface area contributed by atoms with Crippen molar-refractivity contribution in [3.8, 4) is 109 Å². The zero-order valence-electron chi connectivity index (χ0n) is 78.6. The van der Waals surface area contributed by atoms with Gasteiger partial charge in [-0.15, -0.1) is 13.2 Å². The Morgan fingerprint density at radius 3 is 1.17 bits per heavy atom. The van der Waals surface area contributed by atoms with Gasteiger partial charge < -0.3 is 69.4 Å². The molecule has 6 heterocycles. The maximum Gasteiger partial charge on any atom is 0.573 e. The molecule has 0 aliphatic rings. The number of carbonyl (C=O) groups is 2. The number of fused-ring (bicyclic) bond motifs is 6. The molecular weight excluding hydrogens is 1820 g/mol. The molecule has 12 aromatic carbocycles. The van der Waals surface area contributed by atoms with Crippen LogP contribution in [0.4, 0.5) is 52.5 Å². The summed E-state index contributed by atoms with van der Waals surface area (Å²) in [5.41, 5.74) is 13.5. The van der Waals surface area contributed by atoms with Crippen LogP contribution in [0.15, 0.2) is 261 Å². The van der Waals surface area contributed by atoms with Crippen LogP contribution in [0.5, 0.6) is 40.2 Å². The van der Waals surface area contributed by atoms with Gasteiger partial charge in [-0.3, -0.25) is 9.59 Å². The van der Waals surface area contributed by atoms with Gasteiger partial charge in [-0.2, -0.15) is 0 Å². The number of aromatic nitrogens is 12. The van der Waals surface area contributed by atoms with Crippen molar-refractivity contribution in [2.45, 2.75) is 34.1 Å². The number of ether oxygens (including phenoxy) is 4. The van der Waals surface area contributed by atoms with Gasteiger partial charge in [0.1, 0.15) is 81.0 Å². The molecule has 0 spiro atoms. The van der Waals surface area contributed by atoms with E-state index in [0.717, 1.165) is 108 Å². The number of nitrogens with two attached hydrogens (primary N) is 1. The van der Waals surface area contributed by atoms with E-state index in [4.69, 9.17) is 48.1 Å². The number of hydrogen-bond donors (Lipinski definition) is 4. The fraction of sp³-hybridized carbons (Fsp3) is 0.181. The smallest absolute Gasteiger partial charge is 0.507 e. The summed E-state index contributed by atoms with van der Waals surface area (Å²) in [5.74, 6) is 7.71. The van der Waals surface area contributed by atoms with Crippen molar-refractivity contribution in [3.05, 3.63) is 282 Å². The van der Waals surface area contributed by atoms with Crippen molar-refractivity contribution in [1.29, 1.82) is 0 Å². The molecule has 0 aliphatic carbocycles. The normalized spacial score (nSPS) is 10.9. The first-order valence-electron chi connectivity index (χ1n) is 43.6. The van der Waals surface area contributed by atoms with E-state index in [1.54, 1.807) is 117 Å². The highest BCUT2D eigenvalue weighted by molar-refractivity contribution is 6.33. The third kappa shape index (κ3) is 24.3. The van der Waals surface area contributed by atoms with Gasteiger partial charge in [0.05, 0.1) is 79.7 Å². The lowest BCUT2D eigenvalue weighted by molar-refractivity contribution is -0.274. The zero-order valence-corrected chi connectivity index (χ0v) is 80.1. The van der Waals surface area contributed by atoms with Gasteiger partial charge in [-0.1, -0.05) is 108 Å². The number of aromatic hydroxyl groups is 3. The van der Waals surface area contributed by atoms with Crippen molar-refractivity contribution in [1.82, 2.24) is 59.8 Å². The Kier molecular flexibility index (Phi) is 32.2. The minimum absolute atomic E-state index is 0.0996. The summed E-state index contributed by atoms with van der Waals surface area (Å²) >= 11 is 12.4.